The van der Waals surface area contributed by atoms with Crippen LogP contribution in [0.2, 0.25) is 0 Å². The van der Waals surface area contributed by atoms with Crippen molar-refractivity contribution in [2.75, 3.05) is 26.2 Å². The quantitative estimate of drug-likeness (QED) is 0.667. The first-order valence-electron chi connectivity index (χ1n) is 5.07. The molecule has 4 nitrogen and oxygen atoms in total. The summed E-state index contributed by atoms with van der Waals surface area (Å²) in [6, 6.07) is 0. The molecule has 1 amide bonds. The number of thiol groups is 1. The van der Waals surface area contributed by atoms with Gasteiger partial charge in [0, 0.05) is 32.5 Å². The van der Waals surface area contributed by atoms with E-state index in [1.54, 1.807) is 4.90 Å². The van der Waals surface area contributed by atoms with Crippen LogP contribution in [0.15, 0.2) is 0 Å². The van der Waals surface area contributed by atoms with Gasteiger partial charge in [0.15, 0.2) is 0 Å². The maximum absolute atomic E-state index is 11.4. The van der Waals surface area contributed by atoms with Gasteiger partial charge in [0.25, 0.3) is 0 Å². The molecule has 2 rings (SSSR count). The minimum Gasteiger partial charge on any atom is -0.441 e. The molecule has 0 aromatic carbocycles. The Bertz CT molecular complexity index is 239. The molecule has 1 spiro atoms. The van der Waals surface area contributed by atoms with Gasteiger partial charge < -0.3 is 9.64 Å². The Morgan fingerprint density at radius 3 is 2.64 bits per heavy atom. The lowest BCUT2D eigenvalue weighted by molar-refractivity contribution is 0.0191. The lowest BCUT2D eigenvalue weighted by Gasteiger charge is -2.34. The van der Waals surface area contributed by atoms with Gasteiger partial charge in [0.2, 0.25) is 0 Å². The number of ether oxygens (including phenoxy) is 1. The molecular formula is C9H16N2O2S. The molecule has 0 aromatic rings. The molecule has 14 heavy (non-hydrogen) atoms. The Balaban J connectivity index is 2.02. The van der Waals surface area contributed by atoms with Gasteiger partial charge in [0.05, 0.1) is 6.54 Å². The molecule has 2 aliphatic heterocycles. The highest BCUT2D eigenvalue weighted by atomic mass is 32.1. The van der Waals surface area contributed by atoms with Gasteiger partial charge in [0.1, 0.15) is 5.60 Å². The number of hydrogen-bond donors (Lipinski definition) is 1. The van der Waals surface area contributed by atoms with Gasteiger partial charge in [-0.15, -0.1) is 0 Å². The summed E-state index contributed by atoms with van der Waals surface area (Å²) in [5.74, 6) is 0. The number of likely N-dealkylation sites (N-methyl/N-ethyl adjacent to an activating group) is 1. The van der Waals surface area contributed by atoms with Crippen molar-refractivity contribution in [3.8, 4) is 0 Å². The number of nitrogens with zero attached hydrogens (tertiary/aromatic N) is 2. The van der Waals surface area contributed by atoms with E-state index in [0.29, 0.717) is 0 Å². The molecule has 0 saturated carbocycles. The molecule has 0 radical (unpaired) electrons. The van der Waals surface area contributed by atoms with Crippen molar-refractivity contribution >= 4 is 18.9 Å². The average molecular weight is 216 g/mol. The largest absolute Gasteiger partial charge is 0.441 e. The standard InChI is InChI=1S/C9H16N2O2S/c1-2-10-7-9(13-8(10)12)3-5-11(14)6-4-9/h14H,2-7H2,1H3. The normalized spacial score (nSPS) is 27.0. The van der Waals surface area contributed by atoms with Gasteiger partial charge in [-0.2, -0.15) is 0 Å². The maximum atomic E-state index is 11.4. The van der Waals surface area contributed by atoms with Crippen molar-refractivity contribution in [2.24, 2.45) is 0 Å². The zero-order chi connectivity index (χ0) is 10.2. The summed E-state index contributed by atoms with van der Waals surface area (Å²) >= 11 is 4.28. The topological polar surface area (TPSA) is 32.8 Å². The lowest BCUT2D eigenvalue weighted by atomic mass is 9.92. The molecule has 2 fully saturated rings. The molecule has 0 atom stereocenters. The summed E-state index contributed by atoms with van der Waals surface area (Å²) in [5, 5.41) is 0. The number of hydrogen-bond acceptors (Lipinski definition) is 4. The summed E-state index contributed by atoms with van der Waals surface area (Å²) in [5.41, 5.74) is -0.216. The summed E-state index contributed by atoms with van der Waals surface area (Å²) in [6.45, 7) is 5.27. The van der Waals surface area contributed by atoms with Crippen molar-refractivity contribution in [3.05, 3.63) is 0 Å². The highest BCUT2D eigenvalue weighted by Crippen LogP contribution is 2.33. The van der Waals surface area contributed by atoms with E-state index in [4.69, 9.17) is 4.74 Å². The van der Waals surface area contributed by atoms with Crippen molar-refractivity contribution in [1.82, 2.24) is 9.21 Å². The summed E-state index contributed by atoms with van der Waals surface area (Å²) < 4.78 is 7.45. The Kier molecular flexibility index (Phi) is 2.62. The van der Waals surface area contributed by atoms with Crippen LogP contribution in [0.5, 0.6) is 0 Å². The molecule has 0 aromatic heterocycles. The zero-order valence-electron chi connectivity index (χ0n) is 8.40. The van der Waals surface area contributed by atoms with Crippen LogP contribution in [-0.4, -0.2) is 47.1 Å². The van der Waals surface area contributed by atoms with Crippen LogP contribution in [0.1, 0.15) is 19.8 Å². The molecule has 80 valence electrons. The molecular weight excluding hydrogens is 200 g/mol. The van der Waals surface area contributed by atoms with Crippen molar-refractivity contribution in [3.63, 3.8) is 0 Å². The van der Waals surface area contributed by atoms with Crippen molar-refractivity contribution < 1.29 is 9.53 Å². The van der Waals surface area contributed by atoms with E-state index >= 15 is 0 Å². The van der Waals surface area contributed by atoms with Gasteiger partial charge in [-0.25, -0.2) is 4.79 Å². The number of amides is 1. The summed E-state index contributed by atoms with van der Waals surface area (Å²) in [6.07, 6.45) is 1.65. The first kappa shape index (κ1) is 10.1. The highest BCUT2D eigenvalue weighted by molar-refractivity contribution is 7.77. The number of piperidine rings is 1. The van der Waals surface area contributed by atoms with Crippen LogP contribution >= 0.6 is 12.8 Å². The van der Waals surface area contributed by atoms with E-state index in [1.165, 1.54) is 0 Å². The molecule has 0 bridgehead atoms. The fourth-order valence-corrected chi connectivity index (χ4v) is 2.30. The van der Waals surface area contributed by atoms with E-state index in [0.717, 1.165) is 39.0 Å². The summed E-state index contributed by atoms with van der Waals surface area (Å²) in [7, 11) is 0. The predicted molar refractivity (Wildman–Crippen MR) is 56.3 cm³/mol. The van der Waals surface area contributed by atoms with Crippen LogP contribution in [-0.2, 0) is 4.74 Å². The Labute approximate surface area is 89.7 Å². The van der Waals surface area contributed by atoms with Crippen molar-refractivity contribution in [1.29, 1.82) is 0 Å². The molecule has 2 aliphatic rings. The smallest absolute Gasteiger partial charge is 0.410 e. The molecule has 2 heterocycles. The fraction of sp³-hybridized carbons (Fsp3) is 0.889. The van der Waals surface area contributed by atoms with E-state index in [2.05, 4.69) is 12.8 Å². The van der Waals surface area contributed by atoms with Crippen LogP contribution in [0, 0.1) is 0 Å². The lowest BCUT2D eigenvalue weighted by Crippen LogP contribution is -2.44. The van der Waals surface area contributed by atoms with Crippen molar-refractivity contribution in [2.45, 2.75) is 25.4 Å². The van der Waals surface area contributed by atoms with Gasteiger partial charge in [-0.05, 0) is 6.92 Å². The van der Waals surface area contributed by atoms with Gasteiger partial charge in [-0.1, -0.05) is 12.8 Å². The minimum absolute atomic E-state index is 0.153. The maximum Gasteiger partial charge on any atom is 0.410 e. The second-order valence-corrected chi connectivity index (χ2v) is 4.58. The van der Waals surface area contributed by atoms with E-state index in [9.17, 15) is 4.79 Å². The Hall–Kier alpha value is -0.420. The predicted octanol–water partition coefficient (Wildman–Crippen LogP) is 1.14. The molecule has 0 aliphatic carbocycles. The second kappa shape index (κ2) is 3.62. The number of carbonyl (C=O) groups excluding carboxylic acids is 1. The molecule has 2 saturated heterocycles. The van der Waals surface area contributed by atoms with Gasteiger partial charge in [-0.3, -0.25) is 4.31 Å². The van der Waals surface area contributed by atoms with Crippen LogP contribution in [0.4, 0.5) is 4.79 Å². The SMILES string of the molecule is CCN1CC2(CCN(S)CC2)OC1=O. The van der Waals surface area contributed by atoms with E-state index in [-0.39, 0.29) is 11.7 Å². The third-order valence-electron chi connectivity index (χ3n) is 3.07. The minimum atomic E-state index is -0.216. The van der Waals surface area contributed by atoms with Crippen LogP contribution in [0.25, 0.3) is 0 Å². The average Bonchev–Trinajstić information content (AvgIpc) is 2.49. The third-order valence-corrected chi connectivity index (χ3v) is 3.47. The zero-order valence-corrected chi connectivity index (χ0v) is 9.30. The summed E-state index contributed by atoms with van der Waals surface area (Å²) in [4.78, 5) is 13.2. The van der Waals surface area contributed by atoms with E-state index in [1.807, 2.05) is 11.2 Å². The molecule has 0 N–H and O–H groups in total. The number of rotatable bonds is 1. The van der Waals surface area contributed by atoms with Crippen LogP contribution < -0.4 is 0 Å². The fourth-order valence-electron chi connectivity index (χ4n) is 2.10. The van der Waals surface area contributed by atoms with E-state index < -0.39 is 0 Å². The monoisotopic (exact) mass is 216 g/mol. The Morgan fingerprint density at radius 2 is 2.14 bits per heavy atom. The van der Waals surface area contributed by atoms with Crippen LogP contribution in [0.3, 0.4) is 0 Å². The number of carbonyl (C=O) groups is 1. The Morgan fingerprint density at radius 1 is 1.50 bits per heavy atom. The molecule has 5 heteroatoms. The highest BCUT2D eigenvalue weighted by Gasteiger charge is 2.45. The van der Waals surface area contributed by atoms with Gasteiger partial charge >= 0.3 is 6.09 Å². The third kappa shape index (κ3) is 1.70. The first-order valence-corrected chi connectivity index (χ1v) is 5.47. The second-order valence-electron chi connectivity index (χ2n) is 4.02. The molecule has 0 unspecified atom stereocenters. The first-order chi connectivity index (χ1) is 6.65.